The lowest BCUT2D eigenvalue weighted by Crippen LogP contribution is -2.64. The van der Waals surface area contributed by atoms with Crippen LogP contribution in [-0.4, -0.2) is 129 Å². The zero-order valence-corrected chi connectivity index (χ0v) is 33.0. The van der Waals surface area contributed by atoms with Gasteiger partial charge in [-0.2, -0.15) is 0 Å². The van der Waals surface area contributed by atoms with E-state index in [0.29, 0.717) is 49.8 Å². The number of piperazine rings is 1. The first-order valence-corrected chi connectivity index (χ1v) is 18.8. The van der Waals surface area contributed by atoms with Crippen molar-refractivity contribution in [2.75, 3.05) is 64.0 Å². The monoisotopic (exact) mass is 755 g/mol. The first-order chi connectivity index (χ1) is 25.2. The van der Waals surface area contributed by atoms with Gasteiger partial charge in [0.05, 0.1) is 43.3 Å². The molecule has 1 N–H and O–H groups in total. The molecule has 5 heterocycles. The summed E-state index contributed by atoms with van der Waals surface area (Å²) in [6, 6.07) is 4.90. The molecule has 15 heteroatoms. The maximum absolute atomic E-state index is 15.1. The summed E-state index contributed by atoms with van der Waals surface area (Å²) in [5, 5.41) is 14.9. The molecule has 296 valence electrons. The van der Waals surface area contributed by atoms with E-state index in [1.165, 1.54) is 21.2 Å². The number of rotatable bonds is 8. The van der Waals surface area contributed by atoms with E-state index < -0.39 is 33.9 Å². The van der Waals surface area contributed by atoms with Gasteiger partial charge in [-0.15, -0.1) is 5.10 Å². The van der Waals surface area contributed by atoms with Crippen molar-refractivity contribution in [2.45, 2.75) is 103 Å². The van der Waals surface area contributed by atoms with Crippen LogP contribution >= 0.6 is 0 Å². The number of carbonyl (C=O) groups excluding carboxylic acids is 2. The Morgan fingerprint density at radius 2 is 1.76 bits per heavy atom. The molecule has 0 radical (unpaired) electrons. The van der Waals surface area contributed by atoms with Gasteiger partial charge in [0.15, 0.2) is 5.65 Å². The molecular weight excluding hydrogens is 700 g/mol. The van der Waals surface area contributed by atoms with Crippen LogP contribution in [0, 0.1) is 11.6 Å². The van der Waals surface area contributed by atoms with Gasteiger partial charge in [0.2, 0.25) is 5.91 Å². The van der Waals surface area contributed by atoms with Crippen molar-refractivity contribution < 1.29 is 33.0 Å². The van der Waals surface area contributed by atoms with Crippen molar-refractivity contribution >= 4 is 23.3 Å². The Bertz CT molecular complexity index is 1970. The number of ether oxygens (including phenoxy) is 2. The second-order valence-corrected chi connectivity index (χ2v) is 17.5. The van der Waals surface area contributed by atoms with Gasteiger partial charge < -0.3 is 24.4 Å². The summed E-state index contributed by atoms with van der Waals surface area (Å²) in [5.41, 5.74) is -0.862. The van der Waals surface area contributed by atoms with Gasteiger partial charge >= 0.3 is 11.8 Å². The number of aliphatic hydroxyl groups excluding tert-OH is 1. The number of anilines is 1. The van der Waals surface area contributed by atoms with E-state index in [4.69, 9.17) is 9.47 Å². The number of morpholine rings is 1. The Kier molecular flexibility index (Phi) is 10.8. The fraction of sp³-hybridized carbons (Fsp3) is 0.641. The van der Waals surface area contributed by atoms with Crippen LogP contribution in [0.15, 0.2) is 29.1 Å². The summed E-state index contributed by atoms with van der Waals surface area (Å²) in [6.45, 7) is 20.2. The molecule has 2 saturated heterocycles. The van der Waals surface area contributed by atoms with Crippen LogP contribution in [0.25, 0.3) is 5.65 Å². The molecule has 3 atom stereocenters. The fourth-order valence-corrected chi connectivity index (χ4v) is 7.90. The molecule has 0 bridgehead atoms. The first kappa shape index (κ1) is 39.8. The molecule has 6 rings (SSSR count). The van der Waals surface area contributed by atoms with Crippen LogP contribution in [0.1, 0.15) is 79.1 Å². The fourth-order valence-electron chi connectivity index (χ4n) is 7.90. The third-order valence-corrected chi connectivity index (χ3v) is 10.9. The molecule has 1 aromatic carbocycles. The van der Waals surface area contributed by atoms with Crippen LogP contribution in [0.5, 0.6) is 0 Å². The topological polar surface area (TPSA) is 125 Å². The van der Waals surface area contributed by atoms with Crippen molar-refractivity contribution in [3.63, 3.8) is 0 Å². The number of benzene rings is 1. The van der Waals surface area contributed by atoms with E-state index in [1.54, 1.807) is 29.7 Å². The predicted molar refractivity (Wildman–Crippen MR) is 200 cm³/mol. The third-order valence-electron chi connectivity index (χ3n) is 10.9. The van der Waals surface area contributed by atoms with Crippen molar-refractivity contribution in [3.05, 3.63) is 63.2 Å². The number of fused-ring (bicyclic) bond motifs is 3. The van der Waals surface area contributed by atoms with Crippen LogP contribution in [0.2, 0.25) is 0 Å². The lowest BCUT2D eigenvalue weighted by atomic mass is 9.90. The number of halogens is 2. The van der Waals surface area contributed by atoms with Crippen LogP contribution < -0.4 is 10.6 Å². The van der Waals surface area contributed by atoms with Crippen molar-refractivity contribution in [3.8, 4) is 0 Å². The molecule has 3 aliphatic heterocycles. The lowest BCUT2D eigenvalue weighted by Gasteiger charge is -2.47. The van der Waals surface area contributed by atoms with Gasteiger partial charge in [0, 0.05) is 74.3 Å². The van der Waals surface area contributed by atoms with E-state index in [2.05, 4.69) is 21.8 Å². The quantitative estimate of drug-likeness (QED) is 0.366. The van der Waals surface area contributed by atoms with E-state index in [1.807, 2.05) is 41.5 Å². The largest absolute Gasteiger partial charge is 0.444 e. The Morgan fingerprint density at radius 3 is 2.41 bits per heavy atom. The minimum Gasteiger partial charge on any atom is -0.444 e. The molecular formula is C39H55F2N7O6. The number of pyridine rings is 1. The van der Waals surface area contributed by atoms with Crippen LogP contribution in [0.3, 0.4) is 0 Å². The lowest BCUT2D eigenvalue weighted by molar-refractivity contribution is -0.121. The smallest absolute Gasteiger partial charge is 0.410 e. The molecule has 0 aliphatic carbocycles. The highest BCUT2D eigenvalue weighted by atomic mass is 19.1. The molecule has 3 aromatic rings. The highest BCUT2D eigenvalue weighted by molar-refractivity contribution is 5.98. The van der Waals surface area contributed by atoms with Gasteiger partial charge in [-0.1, -0.05) is 19.9 Å². The number of hydrogen-bond donors (Lipinski definition) is 1. The number of hydrogen-bond acceptors (Lipinski definition) is 9. The summed E-state index contributed by atoms with van der Waals surface area (Å²) in [4.78, 5) is 50.2. The summed E-state index contributed by atoms with van der Waals surface area (Å²) in [7, 11) is 0. The highest BCUT2D eigenvalue weighted by Gasteiger charge is 2.45. The van der Waals surface area contributed by atoms with Crippen molar-refractivity contribution in [2.24, 2.45) is 0 Å². The SMILES string of the molecule is C[C@@H]1COCCN1C[C@H]1CN(C(=O)OC(C)(C)C)[C@H](C)CN1CC(=O)N1CC(C)(C)c2c1cc(Cc1ccc(F)cc1F)c1nn(C(C)(C)CO)c(=O)n21. The molecule has 0 saturated carbocycles. The van der Waals surface area contributed by atoms with Gasteiger partial charge in [0.1, 0.15) is 17.2 Å². The second-order valence-electron chi connectivity index (χ2n) is 17.5. The standard InChI is InChI=1S/C39H55F2N7O6/c1-24-17-44(29(18-43-12-13-53-21-25(43)2)19-45(24)36(52)54-37(3,4)5)20-32(50)46-22-38(6,7)33-31(46)15-27(14-26-10-11-28(40)16-30(26)41)34-42-48(35(51)47(33)34)39(8,9)23-49/h10-11,15-16,24-25,29,49H,12-14,17-23H2,1-9H3/t24-,25-,29+/m1/s1. The van der Waals surface area contributed by atoms with Crippen LogP contribution in [0.4, 0.5) is 19.3 Å². The minimum absolute atomic E-state index is 0.0225. The Balaban J connectivity index is 1.39. The molecule has 2 aromatic heterocycles. The Labute approximate surface area is 315 Å². The zero-order valence-electron chi connectivity index (χ0n) is 33.0. The molecule has 2 fully saturated rings. The number of nitrogens with zero attached hydrogens (tertiary/aromatic N) is 7. The van der Waals surface area contributed by atoms with Crippen LogP contribution in [-0.2, 0) is 31.6 Å². The Morgan fingerprint density at radius 1 is 1.04 bits per heavy atom. The first-order valence-electron chi connectivity index (χ1n) is 18.8. The second kappa shape index (κ2) is 14.6. The van der Waals surface area contributed by atoms with E-state index in [-0.39, 0.29) is 67.5 Å². The van der Waals surface area contributed by atoms with Gasteiger partial charge in [0.25, 0.3) is 0 Å². The van der Waals surface area contributed by atoms with Gasteiger partial charge in [-0.3, -0.25) is 14.6 Å². The van der Waals surface area contributed by atoms with Crippen molar-refractivity contribution in [1.82, 2.24) is 28.9 Å². The minimum atomic E-state index is -1.06. The van der Waals surface area contributed by atoms with E-state index >= 15 is 4.39 Å². The summed E-state index contributed by atoms with van der Waals surface area (Å²) >= 11 is 0. The normalized spacial score (nSPS) is 22.6. The number of aliphatic hydroxyl groups is 1. The number of aromatic nitrogens is 3. The molecule has 54 heavy (non-hydrogen) atoms. The molecule has 0 spiro atoms. The maximum atomic E-state index is 15.1. The van der Waals surface area contributed by atoms with Crippen molar-refractivity contribution in [1.29, 1.82) is 0 Å². The van der Waals surface area contributed by atoms with E-state index in [0.717, 1.165) is 12.6 Å². The maximum Gasteiger partial charge on any atom is 0.410 e. The molecule has 0 unspecified atom stereocenters. The van der Waals surface area contributed by atoms with Gasteiger partial charge in [-0.05, 0) is 66.2 Å². The number of amides is 2. The summed E-state index contributed by atoms with van der Waals surface area (Å²) in [5.74, 6) is -1.63. The average Bonchev–Trinajstić information content (AvgIpc) is 3.56. The summed E-state index contributed by atoms with van der Waals surface area (Å²) in [6.07, 6.45) is -0.411. The molecule has 2 amide bonds. The number of carbonyl (C=O) groups is 2. The van der Waals surface area contributed by atoms with E-state index in [9.17, 15) is 23.9 Å². The Hall–Kier alpha value is -3.92. The zero-order chi connectivity index (χ0) is 39.5. The third kappa shape index (κ3) is 7.77. The average molecular weight is 756 g/mol. The van der Waals surface area contributed by atoms with Gasteiger partial charge in [-0.25, -0.2) is 27.5 Å². The molecule has 3 aliphatic rings. The summed E-state index contributed by atoms with van der Waals surface area (Å²) < 4.78 is 43.1. The predicted octanol–water partition coefficient (Wildman–Crippen LogP) is 3.75. The molecule has 13 nitrogen and oxygen atoms in total. The highest BCUT2D eigenvalue weighted by Crippen LogP contribution is 2.42.